The average molecular weight is 262 g/mol. The Balaban J connectivity index is 1.88. The normalized spacial score (nSPS) is 14.1. The Bertz CT molecular complexity index is 672. The van der Waals surface area contributed by atoms with Gasteiger partial charge in [-0.1, -0.05) is 12.6 Å². The molecule has 3 rings (SSSR count). The van der Waals surface area contributed by atoms with E-state index in [1.165, 1.54) is 0 Å². The molecule has 1 aliphatic heterocycles. The second kappa shape index (κ2) is 5.40. The molecule has 0 atom stereocenters. The summed E-state index contributed by atoms with van der Waals surface area (Å²) in [6.07, 6.45) is 9.28. The lowest BCUT2D eigenvalue weighted by molar-refractivity contribution is 1.06. The van der Waals surface area contributed by atoms with E-state index in [1.807, 2.05) is 42.6 Å². The first-order valence-corrected chi connectivity index (χ1v) is 6.29. The first-order chi connectivity index (χ1) is 9.83. The third-order valence-electron chi connectivity index (χ3n) is 2.97. The standard InChI is InChI=1S/C16H14N4/c1-12-15(20-16-4-2-3-7-18-16)10-14(11-19-12)13-5-8-17-9-6-13/h2-11,19H,1H2,(H,18,20). The molecule has 1 aliphatic rings. The van der Waals surface area contributed by atoms with Gasteiger partial charge in [-0.2, -0.15) is 0 Å². The van der Waals surface area contributed by atoms with E-state index >= 15 is 0 Å². The molecule has 98 valence electrons. The van der Waals surface area contributed by atoms with Gasteiger partial charge >= 0.3 is 0 Å². The Labute approximate surface area is 117 Å². The first-order valence-electron chi connectivity index (χ1n) is 6.29. The lowest BCUT2D eigenvalue weighted by Crippen LogP contribution is -2.17. The summed E-state index contributed by atoms with van der Waals surface area (Å²) in [7, 11) is 0. The molecule has 0 saturated heterocycles. The van der Waals surface area contributed by atoms with E-state index in [0.29, 0.717) is 0 Å². The van der Waals surface area contributed by atoms with Gasteiger partial charge in [0, 0.05) is 24.8 Å². The quantitative estimate of drug-likeness (QED) is 0.893. The monoisotopic (exact) mass is 262 g/mol. The van der Waals surface area contributed by atoms with Crippen LogP contribution in [-0.2, 0) is 0 Å². The fraction of sp³-hybridized carbons (Fsp3) is 0. The zero-order chi connectivity index (χ0) is 13.8. The maximum absolute atomic E-state index is 4.25. The maximum atomic E-state index is 4.25. The second-order valence-corrected chi connectivity index (χ2v) is 4.36. The van der Waals surface area contributed by atoms with Crippen LogP contribution in [0.2, 0.25) is 0 Å². The molecule has 0 aliphatic carbocycles. The Hall–Kier alpha value is -2.88. The Morgan fingerprint density at radius 1 is 1.05 bits per heavy atom. The van der Waals surface area contributed by atoms with Gasteiger partial charge in [-0.3, -0.25) is 4.98 Å². The fourth-order valence-corrected chi connectivity index (χ4v) is 1.92. The summed E-state index contributed by atoms with van der Waals surface area (Å²) in [5.74, 6) is 0.790. The van der Waals surface area contributed by atoms with Crippen LogP contribution in [0.15, 0.2) is 79.2 Å². The molecule has 2 N–H and O–H groups in total. The number of pyridine rings is 2. The van der Waals surface area contributed by atoms with Crippen LogP contribution in [0, 0.1) is 0 Å². The molecule has 0 bridgehead atoms. The van der Waals surface area contributed by atoms with Crippen LogP contribution in [0.3, 0.4) is 0 Å². The molecule has 4 heteroatoms. The van der Waals surface area contributed by atoms with E-state index in [1.54, 1.807) is 18.6 Å². The maximum Gasteiger partial charge on any atom is 0.130 e. The van der Waals surface area contributed by atoms with E-state index in [-0.39, 0.29) is 0 Å². The second-order valence-electron chi connectivity index (χ2n) is 4.36. The van der Waals surface area contributed by atoms with Crippen LogP contribution in [0.1, 0.15) is 5.56 Å². The van der Waals surface area contributed by atoms with E-state index in [9.17, 15) is 0 Å². The van der Waals surface area contributed by atoms with Gasteiger partial charge in [0.2, 0.25) is 0 Å². The van der Waals surface area contributed by atoms with Crippen molar-refractivity contribution in [3.8, 4) is 0 Å². The number of nitrogens with zero attached hydrogens (tertiary/aromatic N) is 2. The Morgan fingerprint density at radius 3 is 2.65 bits per heavy atom. The van der Waals surface area contributed by atoms with Crippen molar-refractivity contribution in [3.05, 3.63) is 84.7 Å². The molecule has 0 amide bonds. The number of aromatic nitrogens is 2. The SMILES string of the molecule is C=C1NC=C(c2ccncc2)C=C1Nc1ccccn1. The molecule has 20 heavy (non-hydrogen) atoms. The zero-order valence-electron chi connectivity index (χ0n) is 10.9. The van der Waals surface area contributed by atoms with Crippen LogP contribution >= 0.6 is 0 Å². The van der Waals surface area contributed by atoms with Crippen molar-refractivity contribution in [3.63, 3.8) is 0 Å². The number of hydrogen-bond donors (Lipinski definition) is 2. The van der Waals surface area contributed by atoms with Gasteiger partial charge < -0.3 is 10.6 Å². The van der Waals surface area contributed by atoms with Crippen molar-refractivity contribution in [2.24, 2.45) is 0 Å². The summed E-state index contributed by atoms with van der Waals surface area (Å²) in [5, 5.41) is 6.43. The molecular formula is C16H14N4. The van der Waals surface area contributed by atoms with Crippen LogP contribution < -0.4 is 10.6 Å². The number of dihydropyridines is 1. The molecule has 0 radical (unpaired) electrons. The predicted octanol–water partition coefficient (Wildman–Crippen LogP) is 2.93. The third kappa shape index (κ3) is 2.59. The molecule has 3 heterocycles. The smallest absolute Gasteiger partial charge is 0.130 e. The summed E-state index contributed by atoms with van der Waals surface area (Å²) < 4.78 is 0. The largest absolute Gasteiger partial charge is 0.360 e. The zero-order valence-corrected chi connectivity index (χ0v) is 10.9. The molecule has 0 saturated carbocycles. The lowest BCUT2D eigenvalue weighted by atomic mass is 10.0. The molecule has 0 fully saturated rings. The molecule has 2 aromatic heterocycles. The molecule has 0 unspecified atom stereocenters. The summed E-state index contributed by atoms with van der Waals surface area (Å²) in [6, 6.07) is 9.68. The summed E-state index contributed by atoms with van der Waals surface area (Å²) in [4.78, 5) is 8.29. The number of rotatable bonds is 3. The van der Waals surface area contributed by atoms with E-state index < -0.39 is 0 Å². The van der Waals surface area contributed by atoms with Gasteiger partial charge in [0.15, 0.2) is 0 Å². The number of nitrogens with one attached hydrogen (secondary N) is 2. The van der Waals surface area contributed by atoms with Crippen LogP contribution in [0.4, 0.5) is 5.82 Å². The number of hydrogen-bond acceptors (Lipinski definition) is 4. The molecular weight excluding hydrogens is 248 g/mol. The highest BCUT2D eigenvalue weighted by atomic mass is 15.0. The fourth-order valence-electron chi connectivity index (χ4n) is 1.92. The minimum absolute atomic E-state index is 0.790. The molecule has 2 aromatic rings. The van der Waals surface area contributed by atoms with Gasteiger partial charge in [-0.15, -0.1) is 0 Å². The highest BCUT2D eigenvalue weighted by Gasteiger charge is 2.10. The topological polar surface area (TPSA) is 49.8 Å². The van der Waals surface area contributed by atoms with Crippen molar-refractivity contribution in [1.82, 2.24) is 15.3 Å². The third-order valence-corrected chi connectivity index (χ3v) is 2.97. The van der Waals surface area contributed by atoms with Crippen molar-refractivity contribution in [1.29, 1.82) is 0 Å². The molecule has 0 aromatic carbocycles. The highest BCUT2D eigenvalue weighted by Crippen LogP contribution is 2.23. The Kier molecular flexibility index (Phi) is 3.29. The Morgan fingerprint density at radius 2 is 1.90 bits per heavy atom. The summed E-state index contributed by atoms with van der Waals surface area (Å²) >= 11 is 0. The van der Waals surface area contributed by atoms with E-state index in [2.05, 4.69) is 27.2 Å². The van der Waals surface area contributed by atoms with Crippen molar-refractivity contribution in [2.45, 2.75) is 0 Å². The molecule has 4 nitrogen and oxygen atoms in total. The highest BCUT2D eigenvalue weighted by molar-refractivity contribution is 5.78. The lowest BCUT2D eigenvalue weighted by Gasteiger charge is -2.19. The van der Waals surface area contributed by atoms with Crippen LogP contribution in [-0.4, -0.2) is 9.97 Å². The van der Waals surface area contributed by atoms with E-state index in [0.717, 1.165) is 28.3 Å². The van der Waals surface area contributed by atoms with Gasteiger partial charge in [0.1, 0.15) is 5.82 Å². The van der Waals surface area contributed by atoms with Gasteiger partial charge in [0.05, 0.1) is 11.4 Å². The van der Waals surface area contributed by atoms with Crippen molar-refractivity contribution in [2.75, 3.05) is 5.32 Å². The predicted molar refractivity (Wildman–Crippen MR) is 80.4 cm³/mol. The van der Waals surface area contributed by atoms with Crippen LogP contribution in [0.5, 0.6) is 0 Å². The van der Waals surface area contributed by atoms with Gasteiger partial charge in [-0.05, 0) is 41.5 Å². The van der Waals surface area contributed by atoms with Crippen molar-refractivity contribution < 1.29 is 0 Å². The van der Waals surface area contributed by atoms with Crippen molar-refractivity contribution >= 4 is 11.4 Å². The molecule has 0 spiro atoms. The summed E-state index contributed by atoms with van der Waals surface area (Å²) in [5.41, 5.74) is 3.88. The van der Waals surface area contributed by atoms with Crippen LogP contribution in [0.25, 0.3) is 5.57 Å². The first kappa shape index (κ1) is 12.2. The number of anilines is 1. The van der Waals surface area contributed by atoms with Gasteiger partial charge in [0.25, 0.3) is 0 Å². The average Bonchev–Trinajstić information content (AvgIpc) is 2.51. The minimum Gasteiger partial charge on any atom is -0.360 e. The minimum atomic E-state index is 0.790. The summed E-state index contributed by atoms with van der Waals surface area (Å²) in [6.45, 7) is 3.99. The number of allylic oxidation sites excluding steroid dienone is 2. The van der Waals surface area contributed by atoms with Gasteiger partial charge in [-0.25, -0.2) is 4.98 Å². The van der Waals surface area contributed by atoms with E-state index in [4.69, 9.17) is 0 Å².